The summed E-state index contributed by atoms with van der Waals surface area (Å²) < 4.78 is 0. The monoisotopic (exact) mass is 212 g/mol. The second kappa shape index (κ2) is 5.11. The van der Waals surface area contributed by atoms with Crippen molar-refractivity contribution >= 4 is 6.29 Å². The van der Waals surface area contributed by atoms with E-state index in [0.717, 1.165) is 57.7 Å². The van der Waals surface area contributed by atoms with Crippen LogP contribution in [0.5, 0.6) is 0 Å². The summed E-state index contributed by atoms with van der Waals surface area (Å²) in [6.45, 7) is 4.00. The van der Waals surface area contributed by atoms with Crippen LogP contribution in [-0.2, 0) is 4.79 Å². The molecule has 0 aliphatic heterocycles. The van der Waals surface area contributed by atoms with Crippen molar-refractivity contribution in [3.8, 4) is 0 Å². The van der Waals surface area contributed by atoms with Gasteiger partial charge in [-0.1, -0.05) is 39.0 Å². The van der Waals surface area contributed by atoms with Gasteiger partial charge in [0.25, 0.3) is 0 Å². The lowest BCUT2D eigenvalue weighted by Gasteiger charge is -2.45. The summed E-state index contributed by atoms with van der Waals surface area (Å²) in [5.41, 5.74) is -1.23. The van der Waals surface area contributed by atoms with Gasteiger partial charge in [0, 0.05) is 0 Å². The Morgan fingerprint density at radius 1 is 1.27 bits per heavy atom. The zero-order valence-electron chi connectivity index (χ0n) is 10.1. The molecule has 2 nitrogen and oxygen atoms in total. The van der Waals surface area contributed by atoms with Gasteiger partial charge in [0.15, 0.2) is 0 Å². The summed E-state index contributed by atoms with van der Waals surface area (Å²) in [6, 6.07) is 0. The van der Waals surface area contributed by atoms with Crippen LogP contribution in [0.25, 0.3) is 0 Å². The Morgan fingerprint density at radius 2 is 1.93 bits per heavy atom. The number of aldehydes is 1. The van der Waals surface area contributed by atoms with Gasteiger partial charge in [-0.2, -0.15) is 0 Å². The van der Waals surface area contributed by atoms with Gasteiger partial charge in [-0.15, -0.1) is 0 Å². The van der Waals surface area contributed by atoms with E-state index in [1.54, 1.807) is 0 Å². The maximum Gasteiger partial charge on any atom is 0.129 e. The molecule has 0 amide bonds. The van der Waals surface area contributed by atoms with Crippen LogP contribution < -0.4 is 0 Å². The van der Waals surface area contributed by atoms with Crippen molar-refractivity contribution in [3.05, 3.63) is 0 Å². The van der Waals surface area contributed by atoms with E-state index < -0.39 is 11.0 Å². The maximum atomic E-state index is 11.3. The van der Waals surface area contributed by atoms with E-state index in [9.17, 15) is 9.90 Å². The van der Waals surface area contributed by atoms with Crippen LogP contribution in [0, 0.1) is 5.41 Å². The molecular formula is C13H24O2. The Labute approximate surface area is 93.1 Å². The van der Waals surface area contributed by atoms with Crippen LogP contribution in [-0.4, -0.2) is 17.0 Å². The zero-order valence-corrected chi connectivity index (χ0v) is 10.1. The van der Waals surface area contributed by atoms with Crippen molar-refractivity contribution in [3.63, 3.8) is 0 Å². The van der Waals surface area contributed by atoms with Crippen LogP contribution in [0.15, 0.2) is 0 Å². The van der Waals surface area contributed by atoms with Gasteiger partial charge < -0.3 is 9.90 Å². The number of aliphatic hydroxyl groups is 1. The van der Waals surface area contributed by atoms with E-state index in [0.29, 0.717) is 0 Å². The van der Waals surface area contributed by atoms with E-state index in [4.69, 9.17) is 0 Å². The van der Waals surface area contributed by atoms with Gasteiger partial charge in [-0.25, -0.2) is 0 Å². The number of carbonyl (C=O) groups excluding carboxylic acids is 1. The molecule has 0 aromatic carbocycles. The molecule has 1 aliphatic carbocycles. The first-order valence-electron chi connectivity index (χ1n) is 6.27. The van der Waals surface area contributed by atoms with Gasteiger partial charge in [-0.05, 0) is 26.2 Å². The molecule has 0 saturated heterocycles. The molecule has 1 N–H and O–H groups in total. The van der Waals surface area contributed by atoms with Crippen molar-refractivity contribution < 1.29 is 9.90 Å². The third kappa shape index (κ3) is 2.60. The minimum Gasteiger partial charge on any atom is -0.389 e. The summed E-state index contributed by atoms with van der Waals surface area (Å²) >= 11 is 0. The van der Waals surface area contributed by atoms with Crippen molar-refractivity contribution in [1.82, 2.24) is 0 Å². The van der Waals surface area contributed by atoms with Crippen LogP contribution in [0.1, 0.15) is 65.2 Å². The average molecular weight is 212 g/mol. The minimum absolute atomic E-state index is 0.458. The summed E-state index contributed by atoms with van der Waals surface area (Å²) in [6.07, 6.45) is 9.05. The van der Waals surface area contributed by atoms with Crippen molar-refractivity contribution in [2.45, 2.75) is 70.8 Å². The quantitative estimate of drug-likeness (QED) is 0.561. The molecule has 1 aliphatic rings. The minimum atomic E-state index is -0.777. The van der Waals surface area contributed by atoms with Crippen LogP contribution in [0.4, 0.5) is 0 Å². The number of carbonyl (C=O) groups is 1. The lowest BCUT2D eigenvalue weighted by atomic mass is 9.62. The molecule has 0 spiro atoms. The highest BCUT2D eigenvalue weighted by molar-refractivity contribution is 5.62. The third-order valence-corrected chi connectivity index (χ3v) is 4.06. The first-order chi connectivity index (χ1) is 7.08. The summed E-state index contributed by atoms with van der Waals surface area (Å²) in [5, 5.41) is 10.4. The topological polar surface area (TPSA) is 37.3 Å². The molecule has 2 heteroatoms. The Kier molecular flexibility index (Phi) is 4.32. The first kappa shape index (κ1) is 12.7. The van der Waals surface area contributed by atoms with Crippen LogP contribution in [0.2, 0.25) is 0 Å². The Bertz CT molecular complexity index is 211. The van der Waals surface area contributed by atoms with Gasteiger partial charge >= 0.3 is 0 Å². The molecular weight excluding hydrogens is 188 g/mol. The summed E-state index contributed by atoms with van der Waals surface area (Å²) in [5.74, 6) is 0. The smallest absolute Gasteiger partial charge is 0.129 e. The lowest BCUT2D eigenvalue weighted by Crippen LogP contribution is -2.49. The fourth-order valence-electron chi connectivity index (χ4n) is 2.76. The molecule has 2 unspecified atom stereocenters. The van der Waals surface area contributed by atoms with E-state index in [2.05, 4.69) is 6.92 Å². The first-order valence-corrected chi connectivity index (χ1v) is 6.27. The molecule has 0 aromatic heterocycles. The highest BCUT2D eigenvalue weighted by Gasteiger charge is 2.47. The largest absolute Gasteiger partial charge is 0.389 e. The molecule has 0 radical (unpaired) electrons. The Hall–Kier alpha value is -0.370. The van der Waals surface area contributed by atoms with E-state index in [-0.39, 0.29) is 0 Å². The predicted molar refractivity (Wildman–Crippen MR) is 61.7 cm³/mol. The Balaban J connectivity index is 2.67. The summed E-state index contributed by atoms with van der Waals surface area (Å²) in [7, 11) is 0. The zero-order chi connectivity index (χ0) is 11.4. The molecule has 0 bridgehead atoms. The van der Waals surface area contributed by atoms with Crippen molar-refractivity contribution in [1.29, 1.82) is 0 Å². The van der Waals surface area contributed by atoms with E-state index >= 15 is 0 Å². The van der Waals surface area contributed by atoms with E-state index in [1.807, 2.05) is 6.92 Å². The fraction of sp³-hybridized carbons (Fsp3) is 0.923. The molecule has 1 rings (SSSR count). The number of rotatable bonds is 5. The number of unbranched alkanes of at least 4 members (excludes halogenated alkanes) is 2. The molecule has 15 heavy (non-hydrogen) atoms. The normalized spacial score (nSPS) is 36.5. The van der Waals surface area contributed by atoms with Gasteiger partial charge in [0.05, 0.1) is 11.0 Å². The molecule has 2 atom stereocenters. The van der Waals surface area contributed by atoms with Crippen molar-refractivity contribution in [2.75, 3.05) is 0 Å². The molecule has 1 saturated carbocycles. The van der Waals surface area contributed by atoms with Crippen molar-refractivity contribution in [2.24, 2.45) is 5.41 Å². The lowest BCUT2D eigenvalue weighted by molar-refractivity contribution is -0.143. The Morgan fingerprint density at radius 3 is 2.47 bits per heavy atom. The standard InChI is InChI=1S/C13H24O2/c1-3-4-5-9-13(11-14)10-7-6-8-12(13,2)15/h11,15H,3-10H2,1-2H3. The van der Waals surface area contributed by atoms with E-state index in [1.165, 1.54) is 0 Å². The molecule has 0 aromatic rings. The van der Waals surface area contributed by atoms with Crippen LogP contribution in [0.3, 0.4) is 0 Å². The number of hydrogen-bond acceptors (Lipinski definition) is 2. The fourth-order valence-corrected chi connectivity index (χ4v) is 2.76. The SMILES string of the molecule is CCCCCC1(C=O)CCCCC1(C)O. The third-order valence-electron chi connectivity index (χ3n) is 4.06. The van der Waals surface area contributed by atoms with Gasteiger partial charge in [0.2, 0.25) is 0 Å². The second-order valence-corrected chi connectivity index (χ2v) is 5.21. The molecule has 1 fully saturated rings. The molecule has 0 heterocycles. The summed E-state index contributed by atoms with van der Waals surface area (Å²) in [4.78, 5) is 11.3. The predicted octanol–water partition coefficient (Wildman–Crippen LogP) is 3.08. The highest BCUT2D eigenvalue weighted by atomic mass is 16.3. The highest BCUT2D eigenvalue weighted by Crippen LogP contribution is 2.46. The molecule has 88 valence electrons. The number of hydrogen-bond donors (Lipinski definition) is 1. The van der Waals surface area contributed by atoms with Gasteiger partial charge in [0.1, 0.15) is 6.29 Å². The van der Waals surface area contributed by atoms with Crippen LogP contribution >= 0.6 is 0 Å². The maximum absolute atomic E-state index is 11.3. The second-order valence-electron chi connectivity index (χ2n) is 5.21. The average Bonchev–Trinajstić information content (AvgIpc) is 2.21. The van der Waals surface area contributed by atoms with Gasteiger partial charge in [-0.3, -0.25) is 0 Å².